The quantitative estimate of drug-likeness (QED) is 0.286. The van der Waals surface area contributed by atoms with Crippen molar-refractivity contribution in [1.82, 2.24) is 0 Å². The summed E-state index contributed by atoms with van der Waals surface area (Å²) in [5.74, 6) is 0.995. The van der Waals surface area contributed by atoms with Crippen molar-refractivity contribution >= 4 is 11.0 Å². The molecule has 0 amide bonds. The van der Waals surface area contributed by atoms with Crippen LogP contribution in [0.15, 0.2) is 51.2 Å². The van der Waals surface area contributed by atoms with Crippen LogP contribution in [-0.2, 0) is 15.9 Å². The highest BCUT2D eigenvalue weighted by molar-refractivity contribution is 5.91. The third-order valence-corrected chi connectivity index (χ3v) is 7.03. The minimum atomic E-state index is -0.235. The van der Waals surface area contributed by atoms with Gasteiger partial charge in [-0.15, -0.1) is 0 Å². The topological polar surface area (TPSA) is 87.4 Å². The molecule has 2 rings (SSSR count). The zero-order valence-corrected chi connectivity index (χ0v) is 23.6. The molecule has 0 saturated heterocycles. The predicted octanol–water partition coefficient (Wildman–Crippen LogP) is 6.77. The maximum absolute atomic E-state index is 13.2. The summed E-state index contributed by atoms with van der Waals surface area (Å²) in [5.41, 5.74) is 1.51. The molecular formula is C31H46O7. The average Bonchev–Trinajstić information content (AvgIpc) is 2.90. The van der Waals surface area contributed by atoms with Gasteiger partial charge in [-0.2, -0.15) is 0 Å². The van der Waals surface area contributed by atoms with E-state index >= 15 is 0 Å². The molecule has 1 heterocycles. The largest absolute Gasteiger partial charge is 0.502 e. The van der Waals surface area contributed by atoms with E-state index < -0.39 is 0 Å². The van der Waals surface area contributed by atoms with Gasteiger partial charge < -0.3 is 28.5 Å². The number of benzene rings is 1. The van der Waals surface area contributed by atoms with Crippen LogP contribution in [0.3, 0.4) is 0 Å². The van der Waals surface area contributed by atoms with Crippen LogP contribution in [0.25, 0.3) is 11.0 Å². The molecule has 0 saturated carbocycles. The van der Waals surface area contributed by atoms with E-state index in [-0.39, 0.29) is 59.4 Å². The molecule has 4 unspecified atom stereocenters. The van der Waals surface area contributed by atoms with Crippen LogP contribution in [0, 0.1) is 18.8 Å². The maximum atomic E-state index is 13.2. The van der Waals surface area contributed by atoms with E-state index in [0.717, 1.165) is 0 Å². The highest BCUT2D eigenvalue weighted by Gasteiger charge is 2.29. The molecule has 7 nitrogen and oxygen atoms in total. The van der Waals surface area contributed by atoms with Crippen molar-refractivity contribution in [1.29, 1.82) is 0 Å². The van der Waals surface area contributed by atoms with Crippen LogP contribution < -0.4 is 14.9 Å². The van der Waals surface area contributed by atoms with Gasteiger partial charge in [0.25, 0.3) is 0 Å². The van der Waals surface area contributed by atoms with Crippen molar-refractivity contribution in [2.75, 3.05) is 28.4 Å². The predicted molar refractivity (Wildman–Crippen MR) is 155 cm³/mol. The molecule has 0 aliphatic rings. The standard InChI is InChI=1S/C30H42O7.CH4/c1-10-18(2)13-11-12-14-22(33-6)21(5)29(36-9)19(3)15-16-23-20(4)27(31)26-24(34-7)17-25(35-8)28(32)30(26)37-23;/h10-14,17,19,21-22,29,32H,15-16H2,1-9H3;1H4/b13-11+,14-12+,18-10+;. The van der Waals surface area contributed by atoms with Crippen molar-refractivity contribution in [3.8, 4) is 17.2 Å². The first-order chi connectivity index (χ1) is 17.6. The van der Waals surface area contributed by atoms with Gasteiger partial charge in [-0.05, 0) is 33.1 Å². The Labute approximate surface area is 227 Å². The first-order valence-electron chi connectivity index (χ1n) is 12.6. The molecule has 1 N–H and O–H groups in total. The lowest BCUT2D eigenvalue weighted by Gasteiger charge is -2.32. The molecule has 4 atom stereocenters. The number of aromatic hydroxyl groups is 1. The number of phenolic OH excluding ortho intramolecular Hbond substituents is 1. The van der Waals surface area contributed by atoms with Crippen LogP contribution in [-0.4, -0.2) is 45.8 Å². The van der Waals surface area contributed by atoms with E-state index in [1.165, 1.54) is 25.9 Å². The molecule has 38 heavy (non-hydrogen) atoms. The average molecular weight is 531 g/mol. The van der Waals surface area contributed by atoms with Crippen molar-refractivity contribution in [2.45, 2.75) is 67.1 Å². The normalized spacial score (nSPS) is 15.4. The lowest BCUT2D eigenvalue weighted by atomic mass is 9.85. The summed E-state index contributed by atoms with van der Waals surface area (Å²) in [4.78, 5) is 13.2. The lowest BCUT2D eigenvalue weighted by molar-refractivity contribution is -0.0343. The summed E-state index contributed by atoms with van der Waals surface area (Å²) in [7, 11) is 6.31. The summed E-state index contributed by atoms with van der Waals surface area (Å²) in [6.45, 7) is 10.0. The fraction of sp³-hybridized carbons (Fsp3) is 0.516. The van der Waals surface area contributed by atoms with Gasteiger partial charge >= 0.3 is 0 Å². The van der Waals surface area contributed by atoms with Gasteiger partial charge in [0.1, 0.15) is 16.9 Å². The van der Waals surface area contributed by atoms with E-state index in [1.54, 1.807) is 21.1 Å². The van der Waals surface area contributed by atoms with Gasteiger partial charge in [-0.1, -0.05) is 57.2 Å². The molecule has 0 spiro atoms. The van der Waals surface area contributed by atoms with E-state index in [4.69, 9.17) is 23.4 Å². The molecule has 7 heteroatoms. The number of methoxy groups -OCH3 is 4. The summed E-state index contributed by atoms with van der Waals surface area (Å²) >= 11 is 0. The van der Waals surface area contributed by atoms with Gasteiger partial charge in [-0.25, -0.2) is 0 Å². The Morgan fingerprint density at radius 3 is 2.29 bits per heavy atom. The molecule has 0 radical (unpaired) electrons. The fourth-order valence-electron chi connectivity index (χ4n) is 4.61. The SMILES string of the molecule is C.C/C=C(C)/C=C/C=C/C(OC)C(C)C(OC)C(C)CCc1oc2c(O)c(OC)cc(OC)c2c(=O)c1C. The van der Waals surface area contributed by atoms with E-state index in [9.17, 15) is 9.90 Å². The van der Waals surface area contributed by atoms with E-state index in [0.29, 0.717) is 29.9 Å². The van der Waals surface area contributed by atoms with Crippen LogP contribution in [0.4, 0.5) is 0 Å². The zero-order chi connectivity index (χ0) is 27.7. The molecule has 1 aromatic heterocycles. The summed E-state index contributed by atoms with van der Waals surface area (Å²) in [5, 5.41) is 10.8. The first kappa shape index (κ1) is 33.0. The van der Waals surface area contributed by atoms with Crippen LogP contribution in [0.2, 0.25) is 0 Å². The lowest BCUT2D eigenvalue weighted by Crippen LogP contribution is -2.36. The fourth-order valence-corrected chi connectivity index (χ4v) is 4.61. The van der Waals surface area contributed by atoms with Gasteiger partial charge in [0.15, 0.2) is 16.8 Å². The number of aryl methyl sites for hydroxylation is 1. The first-order valence-corrected chi connectivity index (χ1v) is 12.6. The Bertz CT molecular complexity index is 1190. The highest BCUT2D eigenvalue weighted by Crippen LogP contribution is 2.40. The minimum absolute atomic E-state index is 0. The zero-order valence-electron chi connectivity index (χ0n) is 23.6. The number of fused-ring (bicyclic) bond motifs is 1. The molecule has 0 fully saturated rings. The Morgan fingerprint density at radius 2 is 1.74 bits per heavy atom. The maximum Gasteiger partial charge on any atom is 0.202 e. The highest BCUT2D eigenvalue weighted by atomic mass is 16.5. The van der Waals surface area contributed by atoms with Gasteiger partial charge in [0.05, 0.1) is 26.4 Å². The minimum Gasteiger partial charge on any atom is -0.502 e. The summed E-state index contributed by atoms with van der Waals surface area (Å²) in [6, 6.07) is 1.48. The third-order valence-electron chi connectivity index (χ3n) is 7.03. The molecule has 0 bridgehead atoms. The number of ether oxygens (including phenoxy) is 4. The van der Waals surface area contributed by atoms with Crippen LogP contribution in [0.5, 0.6) is 17.2 Å². The molecular weight excluding hydrogens is 484 g/mol. The molecule has 0 aliphatic carbocycles. The second-order valence-electron chi connectivity index (χ2n) is 9.37. The van der Waals surface area contributed by atoms with Crippen molar-refractivity contribution in [3.05, 3.63) is 63.6 Å². The molecule has 1 aromatic carbocycles. The summed E-state index contributed by atoms with van der Waals surface area (Å²) in [6.07, 6.45) is 11.1. The van der Waals surface area contributed by atoms with Crippen molar-refractivity contribution in [2.24, 2.45) is 11.8 Å². The molecule has 2 aromatic rings. The molecule has 212 valence electrons. The van der Waals surface area contributed by atoms with Gasteiger partial charge in [-0.3, -0.25) is 4.79 Å². The number of rotatable bonds is 13. The smallest absolute Gasteiger partial charge is 0.202 e. The van der Waals surface area contributed by atoms with Crippen LogP contribution >= 0.6 is 0 Å². The Hall–Kier alpha value is -3.03. The van der Waals surface area contributed by atoms with E-state index in [1.807, 2.05) is 31.2 Å². The van der Waals surface area contributed by atoms with Crippen molar-refractivity contribution in [3.63, 3.8) is 0 Å². The van der Waals surface area contributed by atoms with Gasteiger partial charge in [0.2, 0.25) is 5.75 Å². The second kappa shape index (κ2) is 15.4. The van der Waals surface area contributed by atoms with Crippen LogP contribution in [0.1, 0.15) is 52.9 Å². The monoisotopic (exact) mass is 530 g/mol. The van der Waals surface area contributed by atoms with Gasteiger partial charge in [0, 0.05) is 38.2 Å². The Morgan fingerprint density at radius 1 is 1.08 bits per heavy atom. The number of phenols is 1. The number of hydrogen-bond acceptors (Lipinski definition) is 7. The Kier molecular flexibility index (Phi) is 13.4. The Balaban J connectivity index is 0.00000722. The second-order valence-corrected chi connectivity index (χ2v) is 9.37. The van der Waals surface area contributed by atoms with E-state index in [2.05, 4.69) is 26.8 Å². The number of allylic oxidation sites excluding steroid dienone is 5. The number of hydrogen-bond donors (Lipinski definition) is 1. The third kappa shape index (κ3) is 7.51. The molecule has 0 aliphatic heterocycles. The van der Waals surface area contributed by atoms with Crippen molar-refractivity contribution < 1.29 is 28.5 Å². The summed E-state index contributed by atoms with van der Waals surface area (Å²) < 4.78 is 28.3.